The summed E-state index contributed by atoms with van der Waals surface area (Å²) in [7, 11) is 0. The minimum Gasteiger partial charge on any atom is -0.369 e. The quantitative estimate of drug-likeness (QED) is 0.475. The molecule has 3 aromatic heterocycles. The zero-order valence-electron chi connectivity index (χ0n) is 18.2. The summed E-state index contributed by atoms with van der Waals surface area (Å²) in [6.45, 7) is 5.69. The van der Waals surface area contributed by atoms with E-state index in [0.717, 1.165) is 37.3 Å². The first-order valence-corrected chi connectivity index (χ1v) is 10.8. The van der Waals surface area contributed by atoms with Crippen molar-refractivity contribution in [2.45, 2.75) is 6.92 Å². The van der Waals surface area contributed by atoms with Crippen LogP contribution < -0.4 is 21.1 Å². The first-order valence-electron chi connectivity index (χ1n) is 10.8. The average Bonchev–Trinajstić information content (AvgIpc) is 2.86. The lowest BCUT2D eigenvalue weighted by molar-refractivity contribution is 0.589. The molecule has 4 aromatic rings. The lowest BCUT2D eigenvalue weighted by atomic mass is 10.2. The van der Waals surface area contributed by atoms with Crippen molar-refractivity contribution in [2.75, 3.05) is 36.4 Å². The van der Waals surface area contributed by atoms with E-state index in [1.54, 1.807) is 48.3 Å². The molecule has 1 saturated heterocycles. The van der Waals surface area contributed by atoms with Crippen molar-refractivity contribution in [3.05, 3.63) is 77.0 Å². The van der Waals surface area contributed by atoms with E-state index in [4.69, 9.17) is 0 Å². The molecule has 8 nitrogen and oxygen atoms in total. The molecule has 0 amide bonds. The predicted octanol–water partition coefficient (Wildman–Crippen LogP) is 2.70. The van der Waals surface area contributed by atoms with Crippen LogP contribution in [0.4, 0.5) is 17.3 Å². The van der Waals surface area contributed by atoms with Gasteiger partial charge < -0.3 is 15.5 Å². The number of pyridine rings is 2. The molecular formula is C25H23N7O. The highest BCUT2D eigenvalue weighted by molar-refractivity contribution is 5.79. The normalized spacial score (nSPS) is 13.4. The molecule has 0 bridgehead atoms. The number of rotatable bonds is 4. The van der Waals surface area contributed by atoms with Gasteiger partial charge in [-0.25, -0.2) is 4.98 Å². The van der Waals surface area contributed by atoms with Gasteiger partial charge in [0, 0.05) is 61.5 Å². The highest BCUT2D eigenvalue weighted by Crippen LogP contribution is 2.22. The van der Waals surface area contributed by atoms with Crippen molar-refractivity contribution >= 4 is 28.4 Å². The van der Waals surface area contributed by atoms with Gasteiger partial charge in [0.1, 0.15) is 0 Å². The average molecular weight is 438 g/mol. The Hall–Kier alpha value is -4.22. The van der Waals surface area contributed by atoms with Crippen molar-refractivity contribution in [2.24, 2.45) is 0 Å². The van der Waals surface area contributed by atoms with Crippen LogP contribution in [0.5, 0.6) is 0 Å². The molecule has 0 radical (unpaired) electrons. The second kappa shape index (κ2) is 9.10. The van der Waals surface area contributed by atoms with E-state index in [1.165, 1.54) is 5.69 Å². The molecule has 0 unspecified atom stereocenters. The maximum absolute atomic E-state index is 13.2. The minimum atomic E-state index is -0.229. The van der Waals surface area contributed by atoms with Crippen LogP contribution in [0.1, 0.15) is 12.5 Å². The Morgan fingerprint density at radius 3 is 2.52 bits per heavy atom. The van der Waals surface area contributed by atoms with Gasteiger partial charge in [0.15, 0.2) is 5.65 Å². The molecule has 5 rings (SSSR count). The van der Waals surface area contributed by atoms with E-state index in [9.17, 15) is 4.79 Å². The summed E-state index contributed by atoms with van der Waals surface area (Å²) in [6, 6.07) is 13.5. The van der Waals surface area contributed by atoms with E-state index < -0.39 is 0 Å². The molecule has 33 heavy (non-hydrogen) atoms. The molecule has 0 aliphatic carbocycles. The summed E-state index contributed by atoms with van der Waals surface area (Å²) >= 11 is 0. The molecular weight excluding hydrogens is 414 g/mol. The number of nitrogens with zero attached hydrogens (tertiary/aromatic N) is 5. The molecule has 4 heterocycles. The van der Waals surface area contributed by atoms with Crippen LogP contribution in [-0.4, -0.2) is 45.7 Å². The van der Waals surface area contributed by atoms with Crippen LogP contribution in [0.2, 0.25) is 0 Å². The van der Waals surface area contributed by atoms with Gasteiger partial charge in [-0.3, -0.25) is 14.3 Å². The molecule has 0 spiro atoms. The Labute approximate surface area is 191 Å². The zero-order chi connectivity index (χ0) is 22.6. The van der Waals surface area contributed by atoms with Crippen molar-refractivity contribution in [1.82, 2.24) is 24.8 Å². The van der Waals surface area contributed by atoms with Crippen LogP contribution in [0, 0.1) is 11.8 Å². The third kappa shape index (κ3) is 4.27. The Morgan fingerprint density at radius 1 is 1.03 bits per heavy atom. The van der Waals surface area contributed by atoms with Gasteiger partial charge in [0.2, 0.25) is 5.95 Å². The summed E-state index contributed by atoms with van der Waals surface area (Å²) in [5.74, 6) is 6.10. The van der Waals surface area contributed by atoms with Crippen LogP contribution in [0.25, 0.3) is 16.7 Å². The molecule has 2 N–H and O–H groups in total. The summed E-state index contributed by atoms with van der Waals surface area (Å²) in [6.07, 6.45) is 5.00. The van der Waals surface area contributed by atoms with Crippen LogP contribution in [0.15, 0.2) is 65.8 Å². The molecule has 0 atom stereocenters. The number of fused-ring (bicyclic) bond motifs is 1. The van der Waals surface area contributed by atoms with E-state index in [1.807, 2.05) is 12.1 Å². The van der Waals surface area contributed by atoms with Crippen LogP contribution in [-0.2, 0) is 0 Å². The second-order valence-electron chi connectivity index (χ2n) is 7.66. The van der Waals surface area contributed by atoms with E-state index in [-0.39, 0.29) is 5.56 Å². The highest BCUT2D eigenvalue weighted by Gasteiger charge is 2.14. The molecule has 164 valence electrons. The Bertz CT molecular complexity index is 1400. The molecule has 1 aliphatic heterocycles. The summed E-state index contributed by atoms with van der Waals surface area (Å²) in [4.78, 5) is 28.7. The monoisotopic (exact) mass is 437 g/mol. The van der Waals surface area contributed by atoms with Crippen LogP contribution >= 0.6 is 0 Å². The van der Waals surface area contributed by atoms with Gasteiger partial charge in [0.25, 0.3) is 5.56 Å². The first kappa shape index (κ1) is 20.7. The molecule has 8 heteroatoms. The van der Waals surface area contributed by atoms with Crippen molar-refractivity contribution in [1.29, 1.82) is 0 Å². The predicted molar refractivity (Wildman–Crippen MR) is 130 cm³/mol. The number of nitrogens with one attached hydrogen (secondary N) is 2. The second-order valence-corrected chi connectivity index (χ2v) is 7.66. The topological polar surface area (TPSA) is 88.0 Å². The fraction of sp³-hybridized carbons (Fsp3) is 0.200. The van der Waals surface area contributed by atoms with Gasteiger partial charge in [0.05, 0.1) is 11.3 Å². The van der Waals surface area contributed by atoms with Crippen molar-refractivity contribution in [3.63, 3.8) is 0 Å². The minimum absolute atomic E-state index is 0.229. The zero-order valence-corrected chi connectivity index (χ0v) is 18.2. The van der Waals surface area contributed by atoms with Crippen LogP contribution in [0.3, 0.4) is 0 Å². The third-order valence-electron chi connectivity index (χ3n) is 5.53. The number of piperazine rings is 1. The Kier molecular flexibility index (Phi) is 5.70. The van der Waals surface area contributed by atoms with Gasteiger partial charge in [-0.15, -0.1) is 5.92 Å². The smallest absolute Gasteiger partial charge is 0.272 e. The number of anilines is 3. The standard InChI is InChI=1S/C25H23N7O/c1-2-3-18-16-19-17-28-25(30-23(19)32(24(18)33)22-8-10-26-11-9-22)29-20-4-6-21(7-5-20)31-14-12-27-13-15-31/h4-11,16-17,27H,12-15H2,1H3,(H,28,29,30). The molecule has 1 aromatic carbocycles. The maximum Gasteiger partial charge on any atom is 0.272 e. The Balaban J connectivity index is 1.52. The number of hydrogen-bond donors (Lipinski definition) is 2. The van der Waals surface area contributed by atoms with Gasteiger partial charge in [-0.2, -0.15) is 4.98 Å². The fourth-order valence-corrected chi connectivity index (χ4v) is 3.92. The number of aromatic nitrogens is 4. The van der Waals surface area contributed by atoms with E-state index >= 15 is 0 Å². The summed E-state index contributed by atoms with van der Waals surface area (Å²) in [5.41, 5.74) is 3.41. The molecule has 1 fully saturated rings. The highest BCUT2D eigenvalue weighted by atomic mass is 16.1. The summed E-state index contributed by atoms with van der Waals surface area (Å²) in [5, 5.41) is 7.35. The van der Waals surface area contributed by atoms with Crippen molar-refractivity contribution < 1.29 is 0 Å². The van der Waals surface area contributed by atoms with E-state index in [2.05, 4.69) is 54.5 Å². The van der Waals surface area contributed by atoms with Gasteiger partial charge in [-0.05, 0) is 49.4 Å². The maximum atomic E-state index is 13.2. The van der Waals surface area contributed by atoms with Gasteiger partial charge >= 0.3 is 0 Å². The lowest BCUT2D eigenvalue weighted by Gasteiger charge is -2.29. The Morgan fingerprint density at radius 2 is 1.79 bits per heavy atom. The molecule has 0 saturated carbocycles. The van der Waals surface area contributed by atoms with Crippen molar-refractivity contribution in [3.8, 4) is 17.5 Å². The first-order chi connectivity index (χ1) is 16.2. The van der Waals surface area contributed by atoms with Gasteiger partial charge in [-0.1, -0.05) is 5.92 Å². The number of benzene rings is 1. The summed E-state index contributed by atoms with van der Waals surface area (Å²) < 4.78 is 1.55. The van der Waals surface area contributed by atoms with E-state index in [0.29, 0.717) is 22.8 Å². The largest absolute Gasteiger partial charge is 0.369 e. The number of hydrogen-bond acceptors (Lipinski definition) is 7. The third-order valence-corrected chi connectivity index (χ3v) is 5.53. The SMILES string of the molecule is CC#Cc1cc2cnc(Nc3ccc(N4CCNCC4)cc3)nc2n(-c2ccncc2)c1=O. The lowest BCUT2D eigenvalue weighted by Crippen LogP contribution is -2.43. The molecule has 1 aliphatic rings. The fourth-order valence-electron chi connectivity index (χ4n) is 3.92.